The molecule has 7 aromatic carbocycles. The van der Waals surface area contributed by atoms with Gasteiger partial charge in [-0.05, 0) is 102 Å². The molecular weight excluding hydrogens is 647 g/mol. The van der Waals surface area contributed by atoms with Gasteiger partial charge in [0.2, 0.25) is 0 Å². The summed E-state index contributed by atoms with van der Waals surface area (Å²) in [5, 5.41) is 3.58. The first-order chi connectivity index (χ1) is 26.3. The minimum Gasteiger partial charge on any atom is -0.315 e. The molecule has 53 heavy (non-hydrogen) atoms. The van der Waals surface area contributed by atoms with E-state index in [4.69, 9.17) is 0 Å². The first kappa shape index (κ1) is 30.6. The van der Waals surface area contributed by atoms with E-state index in [0.29, 0.717) is 5.82 Å². The van der Waals surface area contributed by atoms with Gasteiger partial charge in [0.05, 0.1) is 16.6 Å². The lowest BCUT2D eigenvalue weighted by atomic mass is 10.0. The van der Waals surface area contributed by atoms with Gasteiger partial charge in [-0.2, -0.15) is 0 Å². The number of hydrogen-bond acceptors (Lipinski definition) is 3. The van der Waals surface area contributed by atoms with Crippen LogP contribution in [0, 0.1) is 0 Å². The third-order valence-corrected chi connectivity index (χ3v) is 10.1. The highest BCUT2D eigenvalue weighted by Crippen LogP contribution is 2.42. The molecule has 5 heteroatoms. The molecular formula is C48H33N5. The molecule has 0 aliphatic heterocycles. The molecule has 0 spiro atoms. The second-order valence-corrected chi connectivity index (χ2v) is 13.2. The lowest BCUT2D eigenvalue weighted by Crippen LogP contribution is -2.10. The summed E-state index contributed by atoms with van der Waals surface area (Å²) < 4.78 is 4.74. The summed E-state index contributed by atoms with van der Waals surface area (Å²) in [6.45, 7) is 0. The average Bonchev–Trinajstić information content (AvgIpc) is 3.82. The average molecular weight is 680 g/mol. The van der Waals surface area contributed by atoms with Crippen molar-refractivity contribution in [1.29, 1.82) is 0 Å². The maximum absolute atomic E-state index is 4.48. The van der Waals surface area contributed by atoms with E-state index in [2.05, 4.69) is 206 Å². The highest BCUT2D eigenvalue weighted by Gasteiger charge is 2.21. The van der Waals surface area contributed by atoms with E-state index in [1.54, 1.807) is 12.4 Å². The third kappa shape index (κ3) is 5.34. The Hall–Kier alpha value is -7.24. The minimum absolute atomic E-state index is 0.708. The van der Waals surface area contributed by atoms with E-state index >= 15 is 0 Å². The van der Waals surface area contributed by atoms with E-state index < -0.39 is 0 Å². The molecule has 0 aliphatic rings. The van der Waals surface area contributed by atoms with Gasteiger partial charge in [0, 0.05) is 68.7 Å². The van der Waals surface area contributed by atoms with Crippen molar-refractivity contribution in [3.63, 3.8) is 0 Å². The van der Waals surface area contributed by atoms with Crippen LogP contribution in [-0.4, -0.2) is 19.1 Å². The number of para-hydroxylation sites is 2. The van der Waals surface area contributed by atoms with Crippen LogP contribution in [0.5, 0.6) is 0 Å². The summed E-state index contributed by atoms with van der Waals surface area (Å²) in [6.07, 6.45) is 5.74. The van der Waals surface area contributed by atoms with Crippen molar-refractivity contribution in [2.45, 2.75) is 0 Å². The molecule has 3 heterocycles. The first-order valence-electron chi connectivity index (χ1n) is 17.8. The molecule has 0 N–H and O–H groups in total. The summed E-state index contributed by atoms with van der Waals surface area (Å²) in [6, 6.07) is 64.6. The SMILES string of the molecule is c1ccc(-c2ccc(N(c3ccc(-c4ncccn4)cc3)c3ccc4c(c3)c3ccc5ccn(-c6ccccc6)c5c3n4-c3ccccc3)cc2)cc1. The van der Waals surface area contributed by atoms with Crippen molar-refractivity contribution >= 4 is 49.8 Å². The van der Waals surface area contributed by atoms with E-state index in [1.807, 2.05) is 6.07 Å². The molecule has 0 fully saturated rings. The molecule has 10 aromatic rings. The Morgan fingerprint density at radius 2 is 1.00 bits per heavy atom. The zero-order chi connectivity index (χ0) is 35.1. The second kappa shape index (κ2) is 12.8. The summed E-state index contributed by atoms with van der Waals surface area (Å²) in [7, 11) is 0. The van der Waals surface area contributed by atoms with Crippen molar-refractivity contribution < 1.29 is 0 Å². The molecule has 0 radical (unpaired) electrons. The number of hydrogen-bond donors (Lipinski definition) is 0. The first-order valence-corrected chi connectivity index (χ1v) is 17.8. The molecule has 0 saturated carbocycles. The Morgan fingerprint density at radius 3 is 1.68 bits per heavy atom. The van der Waals surface area contributed by atoms with Crippen LogP contribution in [0.3, 0.4) is 0 Å². The van der Waals surface area contributed by atoms with Gasteiger partial charge in [0.25, 0.3) is 0 Å². The van der Waals surface area contributed by atoms with Crippen molar-refractivity contribution in [1.82, 2.24) is 19.1 Å². The van der Waals surface area contributed by atoms with Crippen LogP contribution in [0.2, 0.25) is 0 Å². The smallest absolute Gasteiger partial charge is 0.159 e. The number of anilines is 3. The predicted octanol–water partition coefficient (Wildman–Crippen LogP) is 12.3. The number of fused-ring (bicyclic) bond motifs is 5. The summed E-state index contributed by atoms with van der Waals surface area (Å²) in [5.74, 6) is 0.708. The van der Waals surface area contributed by atoms with Gasteiger partial charge >= 0.3 is 0 Å². The molecule has 0 unspecified atom stereocenters. The quantitative estimate of drug-likeness (QED) is 0.168. The minimum atomic E-state index is 0.708. The Bertz CT molecular complexity index is 2760. The fourth-order valence-corrected chi connectivity index (χ4v) is 7.59. The molecule has 0 amide bonds. The fourth-order valence-electron chi connectivity index (χ4n) is 7.59. The van der Waals surface area contributed by atoms with E-state index in [1.165, 1.54) is 38.3 Å². The molecule has 5 nitrogen and oxygen atoms in total. The topological polar surface area (TPSA) is 38.9 Å². The van der Waals surface area contributed by atoms with E-state index in [0.717, 1.165) is 39.5 Å². The predicted molar refractivity (Wildman–Crippen MR) is 219 cm³/mol. The van der Waals surface area contributed by atoms with Crippen molar-refractivity contribution in [3.8, 4) is 33.9 Å². The van der Waals surface area contributed by atoms with Crippen molar-refractivity contribution in [2.75, 3.05) is 4.90 Å². The van der Waals surface area contributed by atoms with Crippen molar-refractivity contribution in [2.24, 2.45) is 0 Å². The van der Waals surface area contributed by atoms with Crippen molar-refractivity contribution in [3.05, 3.63) is 201 Å². The van der Waals surface area contributed by atoms with Gasteiger partial charge in [-0.3, -0.25) is 0 Å². The maximum Gasteiger partial charge on any atom is 0.159 e. The van der Waals surface area contributed by atoms with Gasteiger partial charge < -0.3 is 14.0 Å². The summed E-state index contributed by atoms with van der Waals surface area (Å²) in [4.78, 5) is 11.3. The molecule has 250 valence electrons. The standard InChI is InChI=1S/C48H33N5/c1-4-11-34(12-5-1)35-17-22-40(23-18-35)52(41-24-19-37(20-25-41)48-49-30-10-31-50-48)42-26-28-45-44(33-42)43-27-21-36-29-32-51(38-13-6-2-7-14-38)46(36)47(43)53(45)39-15-8-3-9-16-39/h1-33H. The van der Waals surface area contributed by atoms with Gasteiger partial charge in [-0.15, -0.1) is 0 Å². The van der Waals surface area contributed by atoms with Crippen LogP contribution in [0.25, 0.3) is 66.6 Å². The van der Waals surface area contributed by atoms with E-state index in [9.17, 15) is 0 Å². The Labute approximate surface area is 307 Å². The normalized spacial score (nSPS) is 11.4. The lowest BCUT2D eigenvalue weighted by molar-refractivity contribution is 1.12. The summed E-state index contributed by atoms with van der Waals surface area (Å²) in [5.41, 5.74) is 12.3. The molecule has 0 bridgehead atoms. The number of aromatic nitrogens is 4. The van der Waals surface area contributed by atoms with Gasteiger partial charge in [0.15, 0.2) is 5.82 Å². The van der Waals surface area contributed by atoms with Crippen LogP contribution in [-0.2, 0) is 0 Å². The Kier molecular flexibility index (Phi) is 7.40. The zero-order valence-electron chi connectivity index (χ0n) is 28.8. The summed E-state index contributed by atoms with van der Waals surface area (Å²) >= 11 is 0. The number of rotatable bonds is 7. The molecule has 0 saturated heterocycles. The van der Waals surface area contributed by atoms with Gasteiger partial charge in [0.1, 0.15) is 0 Å². The second-order valence-electron chi connectivity index (χ2n) is 13.2. The fraction of sp³-hybridized carbons (Fsp3) is 0. The van der Waals surface area contributed by atoms with Crippen LogP contribution >= 0.6 is 0 Å². The number of nitrogens with zero attached hydrogens (tertiary/aromatic N) is 5. The van der Waals surface area contributed by atoms with E-state index in [-0.39, 0.29) is 0 Å². The van der Waals surface area contributed by atoms with Gasteiger partial charge in [-0.1, -0.05) is 91.0 Å². The van der Waals surface area contributed by atoms with Crippen LogP contribution in [0.4, 0.5) is 17.1 Å². The third-order valence-electron chi connectivity index (χ3n) is 10.1. The largest absolute Gasteiger partial charge is 0.315 e. The zero-order valence-corrected chi connectivity index (χ0v) is 28.8. The monoisotopic (exact) mass is 679 g/mol. The Morgan fingerprint density at radius 1 is 0.415 bits per heavy atom. The Balaban J connectivity index is 1.19. The lowest BCUT2D eigenvalue weighted by Gasteiger charge is -2.26. The van der Waals surface area contributed by atoms with Crippen LogP contribution < -0.4 is 4.90 Å². The number of benzene rings is 7. The van der Waals surface area contributed by atoms with Crippen LogP contribution in [0.15, 0.2) is 201 Å². The molecule has 3 aromatic heterocycles. The molecule has 0 aliphatic carbocycles. The van der Waals surface area contributed by atoms with Crippen LogP contribution in [0.1, 0.15) is 0 Å². The highest BCUT2D eigenvalue weighted by atomic mass is 15.1. The molecule has 0 atom stereocenters. The van der Waals surface area contributed by atoms with Gasteiger partial charge in [-0.25, -0.2) is 9.97 Å². The molecule has 10 rings (SSSR count). The maximum atomic E-state index is 4.48. The highest BCUT2D eigenvalue weighted by molar-refractivity contribution is 6.19.